The lowest BCUT2D eigenvalue weighted by Gasteiger charge is -2.17. The summed E-state index contributed by atoms with van der Waals surface area (Å²) in [7, 11) is 4.02. The largest absolute Gasteiger partial charge is 0.389 e. The molecule has 0 saturated carbocycles. The summed E-state index contributed by atoms with van der Waals surface area (Å²) in [6.45, 7) is 2.07. The number of benzene rings is 1. The molecule has 0 aliphatic rings. The summed E-state index contributed by atoms with van der Waals surface area (Å²) in [5, 5.41) is 11.1. The molecule has 0 saturated heterocycles. The van der Waals surface area contributed by atoms with Crippen molar-refractivity contribution in [2.45, 2.75) is 6.92 Å². The smallest absolute Gasteiger partial charge is 0.163 e. The van der Waals surface area contributed by atoms with E-state index >= 15 is 0 Å². The predicted molar refractivity (Wildman–Crippen MR) is 86.7 cm³/mol. The van der Waals surface area contributed by atoms with Gasteiger partial charge in [-0.1, -0.05) is 18.3 Å². The Hall–Kier alpha value is -2.21. The zero-order valence-corrected chi connectivity index (χ0v) is 12.5. The third-order valence-electron chi connectivity index (χ3n) is 2.94. The molecule has 3 N–H and O–H groups in total. The fourth-order valence-corrected chi connectivity index (χ4v) is 2.09. The third kappa shape index (κ3) is 3.03. The van der Waals surface area contributed by atoms with Crippen LogP contribution < -0.4 is 16.0 Å². The fourth-order valence-electron chi connectivity index (χ4n) is 1.93. The number of nitrogens with zero attached hydrogens (tertiary/aromatic N) is 3. The van der Waals surface area contributed by atoms with E-state index in [1.807, 2.05) is 26.2 Å². The molecule has 0 atom stereocenters. The number of anilines is 3. The average molecular weight is 287 g/mol. The topological polar surface area (TPSA) is 67.1 Å². The van der Waals surface area contributed by atoms with Crippen LogP contribution in [0.4, 0.5) is 17.2 Å². The molecular formula is C14H17N5S. The van der Waals surface area contributed by atoms with Crippen molar-refractivity contribution in [3.8, 4) is 0 Å². The molecule has 0 radical (unpaired) electrons. The summed E-state index contributed by atoms with van der Waals surface area (Å²) >= 11 is 5.02. The molecule has 6 heteroatoms. The average Bonchev–Trinajstić information content (AvgIpc) is 2.41. The second-order valence-corrected chi connectivity index (χ2v) is 5.12. The van der Waals surface area contributed by atoms with Crippen molar-refractivity contribution in [3.05, 3.63) is 41.6 Å². The second-order valence-electron chi connectivity index (χ2n) is 4.68. The molecule has 0 aliphatic carbocycles. The quantitative estimate of drug-likeness (QED) is 0.841. The highest BCUT2D eigenvalue weighted by Gasteiger charge is 2.08. The molecule has 20 heavy (non-hydrogen) atoms. The van der Waals surface area contributed by atoms with E-state index in [2.05, 4.69) is 33.4 Å². The molecule has 2 aromatic rings. The standard InChI is InChI=1S/C14H17N5S/c1-9-4-5-10(8-12(9)19(2)3)17-14-11(13(15)20)6-7-16-18-14/h4-8H,1-3H3,(H2,15,20)(H,17,18). The van der Waals surface area contributed by atoms with E-state index < -0.39 is 0 Å². The number of nitrogens with one attached hydrogen (secondary N) is 1. The van der Waals surface area contributed by atoms with Gasteiger partial charge in [0.2, 0.25) is 0 Å². The van der Waals surface area contributed by atoms with Gasteiger partial charge in [0.15, 0.2) is 5.82 Å². The van der Waals surface area contributed by atoms with Crippen molar-refractivity contribution in [1.82, 2.24) is 10.2 Å². The number of thiocarbonyl (C=S) groups is 1. The van der Waals surface area contributed by atoms with Crippen LogP contribution in [0.5, 0.6) is 0 Å². The van der Waals surface area contributed by atoms with Gasteiger partial charge in [0.1, 0.15) is 4.99 Å². The van der Waals surface area contributed by atoms with Gasteiger partial charge in [-0.2, -0.15) is 5.10 Å². The predicted octanol–water partition coefficient (Wildman–Crippen LogP) is 2.23. The lowest BCUT2D eigenvalue weighted by atomic mass is 10.1. The highest BCUT2D eigenvalue weighted by atomic mass is 32.1. The maximum absolute atomic E-state index is 5.69. The first-order valence-electron chi connectivity index (χ1n) is 6.15. The van der Waals surface area contributed by atoms with Crippen molar-refractivity contribution in [2.75, 3.05) is 24.3 Å². The summed E-state index contributed by atoms with van der Waals surface area (Å²) in [5.74, 6) is 0.563. The van der Waals surface area contributed by atoms with E-state index in [0.717, 1.165) is 11.4 Å². The zero-order valence-electron chi connectivity index (χ0n) is 11.7. The SMILES string of the molecule is Cc1ccc(Nc2nnccc2C(N)=S)cc1N(C)C. The van der Waals surface area contributed by atoms with Crippen LogP contribution in [-0.4, -0.2) is 29.3 Å². The Labute approximate surface area is 123 Å². The van der Waals surface area contributed by atoms with Crippen LogP contribution in [0.25, 0.3) is 0 Å². The van der Waals surface area contributed by atoms with Crippen LogP contribution in [-0.2, 0) is 0 Å². The summed E-state index contributed by atoms with van der Waals surface area (Å²) < 4.78 is 0. The number of aromatic nitrogens is 2. The van der Waals surface area contributed by atoms with Gasteiger partial charge in [-0.05, 0) is 30.7 Å². The Balaban J connectivity index is 2.36. The van der Waals surface area contributed by atoms with Crippen molar-refractivity contribution in [2.24, 2.45) is 5.73 Å². The molecule has 0 aliphatic heterocycles. The Morgan fingerprint density at radius 3 is 2.70 bits per heavy atom. The van der Waals surface area contributed by atoms with E-state index in [1.165, 1.54) is 5.56 Å². The van der Waals surface area contributed by atoms with Crippen LogP contribution in [0.15, 0.2) is 30.5 Å². The summed E-state index contributed by atoms with van der Waals surface area (Å²) in [6, 6.07) is 7.83. The van der Waals surface area contributed by atoms with E-state index in [9.17, 15) is 0 Å². The molecule has 1 aromatic heterocycles. The van der Waals surface area contributed by atoms with Crippen molar-refractivity contribution in [1.29, 1.82) is 0 Å². The Morgan fingerprint density at radius 1 is 1.30 bits per heavy atom. The second kappa shape index (κ2) is 5.83. The molecule has 5 nitrogen and oxygen atoms in total. The minimum Gasteiger partial charge on any atom is -0.389 e. The molecule has 0 bridgehead atoms. The minimum atomic E-state index is 0.294. The number of nitrogens with two attached hydrogens (primary N) is 1. The van der Waals surface area contributed by atoms with Crippen LogP contribution >= 0.6 is 12.2 Å². The van der Waals surface area contributed by atoms with Gasteiger partial charge < -0.3 is 16.0 Å². The van der Waals surface area contributed by atoms with Gasteiger partial charge >= 0.3 is 0 Å². The summed E-state index contributed by atoms with van der Waals surface area (Å²) in [6.07, 6.45) is 1.57. The minimum absolute atomic E-state index is 0.294. The number of hydrogen-bond acceptors (Lipinski definition) is 5. The lowest BCUT2D eigenvalue weighted by Crippen LogP contribution is -2.14. The van der Waals surface area contributed by atoms with E-state index in [0.29, 0.717) is 16.4 Å². The van der Waals surface area contributed by atoms with Crippen LogP contribution in [0.3, 0.4) is 0 Å². The molecule has 1 heterocycles. The van der Waals surface area contributed by atoms with Crippen LogP contribution in [0.2, 0.25) is 0 Å². The lowest BCUT2D eigenvalue weighted by molar-refractivity contribution is 1.03. The first-order chi connectivity index (χ1) is 9.49. The van der Waals surface area contributed by atoms with Crippen LogP contribution in [0, 0.1) is 6.92 Å². The van der Waals surface area contributed by atoms with Crippen molar-refractivity contribution < 1.29 is 0 Å². The van der Waals surface area contributed by atoms with Gasteiger partial charge in [0.25, 0.3) is 0 Å². The van der Waals surface area contributed by atoms with Crippen LogP contribution in [0.1, 0.15) is 11.1 Å². The van der Waals surface area contributed by atoms with E-state index in [4.69, 9.17) is 18.0 Å². The third-order valence-corrected chi connectivity index (χ3v) is 3.16. The maximum Gasteiger partial charge on any atom is 0.163 e. The number of aryl methyl sites for hydroxylation is 1. The number of hydrogen-bond donors (Lipinski definition) is 2. The highest BCUT2D eigenvalue weighted by molar-refractivity contribution is 7.80. The molecule has 1 aromatic carbocycles. The normalized spacial score (nSPS) is 10.2. The van der Waals surface area contributed by atoms with Crippen molar-refractivity contribution in [3.63, 3.8) is 0 Å². The van der Waals surface area contributed by atoms with Gasteiger partial charge in [0, 0.05) is 25.5 Å². The molecule has 0 unspecified atom stereocenters. The monoisotopic (exact) mass is 287 g/mol. The molecule has 0 amide bonds. The van der Waals surface area contributed by atoms with Crippen molar-refractivity contribution >= 4 is 34.4 Å². The fraction of sp³-hybridized carbons (Fsp3) is 0.214. The molecule has 2 rings (SSSR count). The Kier molecular flexibility index (Phi) is 4.14. The molecule has 104 valence electrons. The van der Waals surface area contributed by atoms with Gasteiger partial charge in [-0.25, -0.2) is 0 Å². The first kappa shape index (κ1) is 14.2. The summed E-state index contributed by atoms with van der Waals surface area (Å²) in [5.41, 5.74) is 9.62. The van der Waals surface area contributed by atoms with Gasteiger partial charge in [-0.15, -0.1) is 5.10 Å². The van der Waals surface area contributed by atoms with E-state index in [-0.39, 0.29) is 0 Å². The molecule has 0 spiro atoms. The number of rotatable bonds is 4. The summed E-state index contributed by atoms with van der Waals surface area (Å²) in [4.78, 5) is 2.36. The van der Waals surface area contributed by atoms with E-state index in [1.54, 1.807) is 12.3 Å². The zero-order chi connectivity index (χ0) is 14.7. The molecular weight excluding hydrogens is 270 g/mol. The highest BCUT2D eigenvalue weighted by Crippen LogP contribution is 2.25. The molecule has 0 fully saturated rings. The Bertz CT molecular complexity index is 639. The Morgan fingerprint density at radius 2 is 2.05 bits per heavy atom. The maximum atomic E-state index is 5.69. The van der Waals surface area contributed by atoms with Gasteiger partial charge in [-0.3, -0.25) is 0 Å². The first-order valence-corrected chi connectivity index (χ1v) is 6.56. The van der Waals surface area contributed by atoms with Gasteiger partial charge in [0.05, 0.1) is 11.8 Å².